The zero-order valence-electron chi connectivity index (χ0n) is 13.0. The molecule has 20 heavy (non-hydrogen) atoms. The van der Waals surface area contributed by atoms with Crippen molar-refractivity contribution in [2.45, 2.75) is 46.8 Å². The Morgan fingerprint density at radius 3 is 2.75 bits per heavy atom. The minimum atomic E-state index is -0.482. The molecule has 1 aromatic rings. The highest BCUT2D eigenvalue weighted by Gasteiger charge is 2.15. The van der Waals surface area contributed by atoms with Gasteiger partial charge < -0.3 is 15.4 Å². The largest absolute Gasteiger partial charge is 0.481 e. The number of ether oxygens (including phenoxy) is 1. The summed E-state index contributed by atoms with van der Waals surface area (Å²) in [6.45, 7) is 10.3. The number of hydrogen-bond acceptors (Lipinski definition) is 3. The van der Waals surface area contributed by atoms with Crippen molar-refractivity contribution in [3.8, 4) is 5.75 Å². The van der Waals surface area contributed by atoms with E-state index in [-0.39, 0.29) is 5.91 Å². The average molecular weight is 278 g/mol. The van der Waals surface area contributed by atoms with Gasteiger partial charge in [-0.15, -0.1) is 0 Å². The molecule has 1 rings (SSSR count). The number of nitrogens with one attached hydrogen (secondary N) is 2. The Hall–Kier alpha value is -1.55. The number of carbonyl (C=O) groups is 1. The average Bonchev–Trinajstić information content (AvgIpc) is 2.44. The first-order valence-electron chi connectivity index (χ1n) is 7.33. The zero-order valence-corrected chi connectivity index (χ0v) is 13.0. The number of amides is 1. The summed E-state index contributed by atoms with van der Waals surface area (Å²) < 4.78 is 5.80. The van der Waals surface area contributed by atoms with Crippen molar-refractivity contribution in [2.24, 2.45) is 0 Å². The van der Waals surface area contributed by atoms with Crippen LogP contribution in [0.15, 0.2) is 18.2 Å². The molecule has 4 heteroatoms. The first kappa shape index (κ1) is 16.5. The summed E-state index contributed by atoms with van der Waals surface area (Å²) in [7, 11) is 0. The first-order valence-corrected chi connectivity index (χ1v) is 7.33. The Morgan fingerprint density at radius 1 is 1.35 bits per heavy atom. The van der Waals surface area contributed by atoms with Crippen LogP contribution in [0.25, 0.3) is 0 Å². The van der Waals surface area contributed by atoms with Gasteiger partial charge in [0.1, 0.15) is 5.75 Å². The number of hydrogen-bond donors (Lipinski definition) is 2. The van der Waals surface area contributed by atoms with E-state index in [1.807, 2.05) is 19.1 Å². The molecule has 1 aromatic carbocycles. The van der Waals surface area contributed by atoms with Crippen LogP contribution < -0.4 is 15.4 Å². The van der Waals surface area contributed by atoms with Crippen molar-refractivity contribution < 1.29 is 9.53 Å². The molecule has 0 fully saturated rings. The van der Waals surface area contributed by atoms with Gasteiger partial charge in [0.25, 0.3) is 5.91 Å². The molecule has 0 aromatic heterocycles. The Labute approximate surface area is 121 Å². The fourth-order valence-corrected chi connectivity index (χ4v) is 1.86. The van der Waals surface area contributed by atoms with Crippen molar-refractivity contribution >= 4 is 5.91 Å². The standard InChI is InChI=1S/C16H26N2O2/c1-5-9-18-16(19)13(4)20-15-8-7-12(3)10-14(15)11-17-6-2/h7-8,10,13,17H,5-6,9,11H2,1-4H3,(H,18,19). The van der Waals surface area contributed by atoms with Crippen LogP contribution in [0.5, 0.6) is 5.75 Å². The fraction of sp³-hybridized carbons (Fsp3) is 0.562. The maximum atomic E-state index is 11.8. The molecule has 1 unspecified atom stereocenters. The molecule has 2 N–H and O–H groups in total. The molecule has 0 bridgehead atoms. The SMILES string of the molecule is CCCNC(=O)C(C)Oc1ccc(C)cc1CNCC. The van der Waals surface area contributed by atoms with E-state index >= 15 is 0 Å². The van der Waals surface area contributed by atoms with E-state index in [0.717, 1.165) is 30.8 Å². The third kappa shape index (κ3) is 5.21. The second-order valence-corrected chi connectivity index (χ2v) is 4.94. The minimum absolute atomic E-state index is 0.0678. The fourth-order valence-electron chi connectivity index (χ4n) is 1.86. The van der Waals surface area contributed by atoms with Crippen LogP contribution in [0.3, 0.4) is 0 Å². The molecular formula is C16H26N2O2. The van der Waals surface area contributed by atoms with Gasteiger partial charge in [-0.2, -0.15) is 0 Å². The summed E-state index contributed by atoms with van der Waals surface area (Å²) in [5, 5.41) is 6.14. The monoisotopic (exact) mass is 278 g/mol. The van der Waals surface area contributed by atoms with E-state index in [9.17, 15) is 4.79 Å². The number of aryl methyl sites for hydroxylation is 1. The quantitative estimate of drug-likeness (QED) is 0.767. The Morgan fingerprint density at radius 2 is 2.10 bits per heavy atom. The highest BCUT2D eigenvalue weighted by molar-refractivity contribution is 5.80. The molecular weight excluding hydrogens is 252 g/mol. The molecule has 0 heterocycles. The molecule has 0 radical (unpaired) electrons. The Bertz CT molecular complexity index is 432. The molecule has 112 valence electrons. The smallest absolute Gasteiger partial charge is 0.260 e. The maximum absolute atomic E-state index is 11.8. The van der Waals surface area contributed by atoms with E-state index in [0.29, 0.717) is 6.54 Å². The maximum Gasteiger partial charge on any atom is 0.260 e. The molecule has 0 aliphatic rings. The van der Waals surface area contributed by atoms with E-state index in [4.69, 9.17) is 4.74 Å². The lowest BCUT2D eigenvalue weighted by Crippen LogP contribution is -2.36. The third-order valence-electron chi connectivity index (χ3n) is 3.00. The summed E-state index contributed by atoms with van der Waals surface area (Å²) >= 11 is 0. The summed E-state index contributed by atoms with van der Waals surface area (Å²) in [5.74, 6) is 0.706. The van der Waals surface area contributed by atoms with Crippen molar-refractivity contribution in [3.63, 3.8) is 0 Å². The second-order valence-electron chi connectivity index (χ2n) is 4.94. The van der Waals surface area contributed by atoms with Gasteiger partial charge in [0.05, 0.1) is 0 Å². The molecule has 0 spiro atoms. The lowest BCUT2D eigenvalue weighted by Gasteiger charge is -2.18. The van der Waals surface area contributed by atoms with E-state index in [1.54, 1.807) is 6.92 Å². The van der Waals surface area contributed by atoms with Crippen LogP contribution in [-0.4, -0.2) is 25.1 Å². The lowest BCUT2D eigenvalue weighted by atomic mass is 10.1. The molecule has 0 aliphatic heterocycles. The van der Waals surface area contributed by atoms with Gasteiger partial charge >= 0.3 is 0 Å². The van der Waals surface area contributed by atoms with Crippen LogP contribution in [0.2, 0.25) is 0 Å². The summed E-state index contributed by atoms with van der Waals surface area (Å²) in [4.78, 5) is 11.8. The topological polar surface area (TPSA) is 50.4 Å². The predicted octanol–water partition coefficient (Wildman–Crippen LogP) is 2.40. The van der Waals surface area contributed by atoms with Crippen LogP contribution in [-0.2, 0) is 11.3 Å². The van der Waals surface area contributed by atoms with E-state index < -0.39 is 6.10 Å². The van der Waals surface area contributed by atoms with Crippen LogP contribution >= 0.6 is 0 Å². The molecule has 0 saturated carbocycles. The van der Waals surface area contributed by atoms with Crippen molar-refractivity contribution in [3.05, 3.63) is 29.3 Å². The van der Waals surface area contributed by atoms with E-state index in [1.165, 1.54) is 5.56 Å². The summed E-state index contributed by atoms with van der Waals surface area (Å²) in [5.41, 5.74) is 2.27. The van der Waals surface area contributed by atoms with Crippen molar-refractivity contribution in [1.82, 2.24) is 10.6 Å². The molecule has 0 saturated heterocycles. The van der Waals surface area contributed by atoms with Crippen LogP contribution in [0, 0.1) is 6.92 Å². The van der Waals surface area contributed by atoms with Gasteiger partial charge in [-0.25, -0.2) is 0 Å². The van der Waals surface area contributed by atoms with Crippen molar-refractivity contribution in [2.75, 3.05) is 13.1 Å². The summed E-state index contributed by atoms with van der Waals surface area (Å²) in [6.07, 6.45) is 0.443. The lowest BCUT2D eigenvalue weighted by molar-refractivity contribution is -0.127. The van der Waals surface area contributed by atoms with Crippen molar-refractivity contribution in [1.29, 1.82) is 0 Å². The van der Waals surface area contributed by atoms with E-state index in [2.05, 4.69) is 30.5 Å². The van der Waals surface area contributed by atoms with Crippen LogP contribution in [0.1, 0.15) is 38.3 Å². The summed E-state index contributed by atoms with van der Waals surface area (Å²) in [6, 6.07) is 6.03. The third-order valence-corrected chi connectivity index (χ3v) is 3.00. The van der Waals surface area contributed by atoms with Gasteiger partial charge in [-0.1, -0.05) is 31.5 Å². The number of carbonyl (C=O) groups excluding carboxylic acids is 1. The zero-order chi connectivity index (χ0) is 15.0. The Kier molecular flexibility index (Phi) is 7.09. The molecule has 1 atom stereocenters. The van der Waals surface area contributed by atoms with Crippen LogP contribution in [0.4, 0.5) is 0 Å². The number of rotatable bonds is 8. The van der Waals surface area contributed by atoms with Gasteiger partial charge in [0.2, 0.25) is 0 Å². The normalized spacial score (nSPS) is 12.0. The molecule has 0 aliphatic carbocycles. The van der Waals surface area contributed by atoms with Gasteiger partial charge in [0, 0.05) is 18.7 Å². The highest BCUT2D eigenvalue weighted by Crippen LogP contribution is 2.21. The van der Waals surface area contributed by atoms with Gasteiger partial charge in [0.15, 0.2) is 6.10 Å². The molecule has 1 amide bonds. The second kappa shape index (κ2) is 8.59. The highest BCUT2D eigenvalue weighted by atomic mass is 16.5. The predicted molar refractivity (Wildman–Crippen MR) is 82.0 cm³/mol. The number of benzene rings is 1. The van der Waals surface area contributed by atoms with Gasteiger partial charge in [-0.05, 0) is 32.9 Å². The Balaban J connectivity index is 2.72. The molecule has 4 nitrogen and oxygen atoms in total. The van der Waals surface area contributed by atoms with Gasteiger partial charge in [-0.3, -0.25) is 4.79 Å². The minimum Gasteiger partial charge on any atom is -0.481 e. The first-order chi connectivity index (χ1) is 9.58.